The van der Waals surface area contributed by atoms with Crippen LogP contribution in [0.15, 0.2) is 6.20 Å². The lowest BCUT2D eigenvalue weighted by atomic mass is 9.97. The number of hydrogen-bond donors (Lipinski definition) is 2. The first kappa shape index (κ1) is 10.6. The number of hydrogen-bond acceptors (Lipinski definition) is 4. The molecule has 2 rings (SSSR count). The fraction of sp³-hybridized carbons (Fsp3) is 0.800. The Morgan fingerprint density at radius 1 is 1.60 bits per heavy atom. The zero-order valence-electron chi connectivity index (χ0n) is 9.19. The molecule has 0 radical (unpaired) electrons. The van der Waals surface area contributed by atoms with Crippen molar-refractivity contribution in [2.24, 2.45) is 18.8 Å². The minimum absolute atomic E-state index is 0.188. The molecule has 1 saturated carbocycles. The normalized spacial score (nSPS) is 19.6. The molecule has 1 fully saturated rings. The molecule has 1 unspecified atom stereocenters. The molecule has 3 N–H and O–H groups in total. The minimum atomic E-state index is 0.188. The molecule has 1 aliphatic rings. The smallest absolute Gasteiger partial charge is 0.0766 e. The maximum absolute atomic E-state index is 5.59. The van der Waals surface area contributed by atoms with Crippen LogP contribution in [-0.2, 0) is 7.05 Å². The molecule has 84 valence electrons. The van der Waals surface area contributed by atoms with E-state index in [0.717, 1.165) is 18.0 Å². The predicted molar refractivity (Wildman–Crippen MR) is 57.6 cm³/mol. The molecule has 0 bridgehead atoms. The van der Waals surface area contributed by atoms with E-state index in [1.165, 1.54) is 25.7 Å². The van der Waals surface area contributed by atoms with Crippen molar-refractivity contribution in [2.45, 2.75) is 38.1 Å². The van der Waals surface area contributed by atoms with E-state index in [2.05, 4.69) is 15.7 Å². The highest BCUT2D eigenvalue weighted by molar-refractivity contribution is 5.01. The van der Waals surface area contributed by atoms with Gasteiger partial charge in [-0.1, -0.05) is 30.9 Å². The SMILES string of the molecule is Cn1nncc1C(CC1CCCC1)NN. The Morgan fingerprint density at radius 3 is 2.87 bits per heavy atom. The molecule has 5 nitrogen and oxygen atoms in total. The van der Waals surface area contributed by atoms with Crippen molar-refractivity contribution in [3.05, 3.63) is 11.9 Å². The van der Waals surface area contributed by atoms with Crippen molar-refractivity contribution in [1.82, 2.24) is 20.4 Å². The van der Waals surface area contributed by atoms with Crippen molar-refractivity contribution < 1.29 is 0 Å². The summed E-state index contributed by atoms with van der Waals surface area (Å²) in [5, 5.41) is 7.81. The second kappa shape index (κ2) is 4.72. The first-order valence-electron chi connectivity index (χ1n) is 5.62. The zero-order chi connectivity index (χ0) is 10.7. The number of aromatic nitrogens is 3. The van der Waals surface area contributed by atoms with Gasteiger partial charge < -0.3 is 0 Å². The molecule has 0 aliphatic heterocycles. The molecule has 0 amide bonds. The van der Waals surface area contributed by atoms with Gasteiger partial charge in [0.2, 0.25) is 0 Å². The molecule has 15 heavy (non-hydrogen) atoms. The van der Waals surface area contributed by atoms with Gasteiger partial charge in [-0.3, -0.25) is 16.0 Å². The Balaban J connectivity index is 2.00. The number of nitrogens with zero attached hydrogens (tertiary/aromatic N) is 3. The Hall–Kier alpha value is -0.940. The van der Waals surface area contributed by atoms with Crippen molar-refractivity contribution in [3.8, 4) is 0 Å². The number of aryl methyl sites for hydroxylation is 1. The van der Waals surface area contributed by atoms with E-state index in [-0.39, 0.29) is 6.04 Å². The third-order valence-corrected chi connectivity index (χ3v) is 3.35. The molecule has 1 aliphatic carbocycles. The molecule has 0 spiro atoms. The van der Waals surface area contributed by atoms with Crippen LogP contribution >= 0.6 is 0 Å². The van der Waals surface area contributed by atoms with Gasteiger partial charge in [-0.2, -0.15) is 0 Å². The van der Waals surface area contributed by atoms with Gasteiger partial charge in [-0.05, 0) is 12.3 Å². The van der Waals surface area contributed by atoms with Crippen LogP contribution < -0.4 is 11.3 Å². The standard InChI is InChI=1S/C10H19N5/c1-15-10(7-12-14-15)9(13-11)6-8-4-2-3-5-8/h7-9,13H,2-6,11H2,1H3. The van der Waals surface area contributed by atoms with E-state index in [4.69, 9.17) is 5.84 Å². The van der Waals surface area contributed by atoms with Gasteiger partial charge in [0, 0.05) is 7.05 Å². The Morgan fingerprint density at radius 2 is 2.33 bits per heavy atom. The molecule has 1 heterocycles. The summed E-state index contributed by atoms with van der Waals surface area (Å²) in [6.45, 7) is 0. The third-order valence-electron chi connectivity index (χ3n) is 3.35. The number of nitrogens with one attached hydrogen (secondary N) is 1. The highest BCUT2D eigenvalue weighted by atomic mass is 15.4. The summed E-state index contributed by atoms with van der Waals surface area (Å²) in [6.07, 6.45) is 8.29. The fourth-order valence-electron chi connectivity index (χ4n) is 2.47. The van der Waals surface area contributed by atoms with Crippen LogP contribution in [0.5, 0.6) is 0 Å². The maximum Gasteiger partial charge on any atom is 0.0766 e. The van der Waals surface area contributed by atoms with E-state index in [1.807, 2.05) is 7.05 Å². The number of rotatable bonds is 4. The lowest BCUT2D eigenvalue weighted by Crippen LogP contribution is -2.30. The first-order valence-corrected chi connectivity index (χ1v) is 5.62. The quantitative estimate of drug-likeness (QED) is 0.571. The second-order valence-corrected chi connectivity index (χ2v) is 4.39. The molecule has 1 atom stereocenters. The van der Waals surface area contributed by atoms with Crippen molar-refractivity contribution in [3.63, 3.8) is 0 Å². The van der Waals surface area contributed by atoms with Gasteiger partial charge in [0.1, 0.15) is 0 Å². The summed E-state index contributed by atoms with van der Waals surface area (Å²) in [7, 11) is 1.90. The molecule has 1 aromatic heterocycles. The van der Waals surface area contributed by atoms with Gasteiger partial charge in [0.05, 0.1) is 17.9 Å². The largest absolute Gasteiger partial charge is 0.271 e. The van der Waals surface area contributed by atoms with Crippen molar-refractivity contribution in [1.29, 1.82) is 0 Å². The minimum Gasteiger partial charge on any atom is -0.271 e. The average molecular weight is 209 g/mol. The van der Waals surface area contributed by atoms with Gasteiger partial charge >= 0.3 is 0 Å². The van der Waals surface area contributed by atoms with Gasteiger partial charge in [0.15, 0.2) is 0 Å². The van der Waals surface area contributed by atoms with Gasteiger partial charge in [-0.25, -0.2) is 0 Å². The van der Waals surface area contributed by atoms with E-state index in [9.17, 15) is 0 Å². The van der Waals surface area contributed by atoms with Crippen LogP contribution in [0, 0.1) is 5.92 Å². The number of nitrogens with two attached hydrogens (primary N) is 1. The molecule has 0 saturated heterocycles. The van der Waals surface area contributed by atoms with Crippen LogP contribution in [0.1, 0.15) is 43.8 Å². The summed E-state index contributed by atoms with van der Waals surface area (Å²) in [4.78, 5) is 0. The maximum atomic E-state index is 5.59. The van der Waals surface area contributed by atoms with E-state index >= 15 is 0 Å². The van der Waals surface area contributed by atoms with Crippen LogP contribution in [0.3, 0.4) is 0 Å². The zero-order valence-corrected chi connectivity index (χ0v) is 9.19. The first-order chi connectivity index (χ1) is 7.31. The van der Waals surface area contributed by atoms with Crippen LogP contribution in [0.2, 0.25) is 0 Å². The predicted octanol–water partition coefficient (Wildman–Crippen LogP) is 0.900. The van der Waals surface area contributed by atoms with E-state index < -0.39 is 0 Å². The fourth-order valence-corrected chi connectivity index (χ4v) is 2.47. The summed E-state index contributed by atoms with van der Waals surface area (Å²) in [5.74, 6) is 6.40. The average Bonchev–Trinajstić information content (AvgIpc) is 2.85. The van der Waals surface area contributed by atoms with Gasteiger partial charge in [-0.15, -0.1) is 5.10 Å². The monoisotopic (exact) mass is 209 g/mol. The lowest BCUT2D eigenvalue weighted by Gasteiger charge is -2.19. The van der Waals surface area contributed by atoms with Gasteiger partial charge in [0.25, 0.3) is 0 Å². The highest BCUT2D eigenvalue weighted by Gasteiger charge is 2.22. The molecule has 5 heteroatoms. The Kier molecular flexibility index (Phi) is 3.33. The van der Waals surface area contributed by atoms with Crippen LogP contribution in [0.4, 0.5) is 0 Å². The topological polar surface area (TPSA) is 68.8 Å². The van der Waals surface area contributed by atoms with E-state index in [0.29, 0.717) is 0 Å². The summed E-state index contributed by atoms with van der Waals surface area (Å²) in [6, 6.07) is 0.188. The lowest BCUT2D eigenvalue weighted by molar-refractivity contribution is 0.384. The second-order valence-electron chi connectivity index (χ2n) is 4.39. The highest BCUT2D eigenvalue weighted by Crippen LogP contribution is 2.32. The van der Waals surface area contributed by atoms with E-state index in [1.54, 1.807) is 10.9 Å². The van der Waals surface area contributed by atoms with Crippen LogP contribution in [-0.4, -0.2) is 15.0 Å². The van der Waals surface area contributed by atoms with Crippen molar-refractivity contribution >= 4 is 0 Å². The summed E-state index contributed by atoms with van der Waals surface area (Å²) >= 11 is 0. The summed E-state index contributed by atoms with van der Waals surface area (Å²) < 4.78 is 1.79. The summed E-state index contributed by atoms with van der Waals surface area (Å²) in [5.41, 5.74) is 3.94. The molecular formula is C10H19N5. The Bertz CT molecular complexity index is 303. The van der Waals surface area contributed by atoms with Crippen LogP contribution in [0.25, 0.3) is 0 Å². The molecular weight excluding hydrogens is 190 g/mol. The molecule has 0 aromatic carbocycles. The third kappa shape index (κ3) is 2.35. The van der Waals surface area contributed by atoms with Crippen molar-refractivity contribution in [2.75, 3.05) is 0 Å². The number of hydrazine groups is 1. The molecule has 1 aromatic rings. The Labute approximate surface area is 90.0 Å².